The van der Waals surface area contributed by atoms with Crippen LogP contribution in [0.4, 0.5) is 5.69 Å². The Balaban J connectivity index is 1.72. The molecule has 5 nitrogen and oxygen atoms in total. The lowest BCUT2D eigenvalue weighted by molar-refractivity contribution is 0.0550. The molecule has 1 amide bonds. The van der Waals surface area contributed by atoms with Gasteiger partial charge in [-0.25, -0.2) is 0 Å². The Morgan fingerprint density at radius 1 is 1.38 bits per heavy atom. The Kier molecular flexibility index (Phi) is 3.37. The van der Waals surface area contributed by atoms with E-state index in [1.54, 1.807) is 18.2 Å². The highest BCUT2D eigenvalue weighted by Gasteiger charge is 2.39. The van der Waals surface area contributed by atoms with Gasteiger partial charge in [-0.1, -0.05) is 0 Å². The SMILES string of the molecule is CN(C)C1(CNC(=O)c2cc3cc(N)ccc3o2)CCC1. The van der Waals surface area contributed by atoms with E-state index in [9.17, 15) is 4.79 Å². The summed E-state index contributed by atoms with van der Waals surface area (Å²) in [5, 5.41) is 3.85. The van der Waals surface area contributed by atoms with Crippen LogP contribution in [0.3, 0.4) is 0 Å². The number of hydrogen-bond acceptors (Lipinski definition) is 4. The highest BCUT2D eigenvalue weighted by molar-refractivity contribution is 5.96. The van der Waals surface area contributed by atoms with Crippen molar-refractivity contribution in [1.82, 2.24) is 10.2 Å². The molecule has 0 aliphatic heterocycles. The molecule has 112 valence electrons. The van der Waals surface area contributed by atoms with E-state index in [-0.39, 0.29) is 11.4 Å². The van der Waals surface area contributed by atoms with Gasteiger partial charge in [0.1, 0.15) is 5.58 Å². The molecular formula is C16H21N3O2. The van der Waals surface area contributed by atoms with E-state index in [4.69, 9.17) is 10.2 Å². The van der Waals surface area contributed by atoms with Crippen LogP contribution in [0.15, 0.2) is 28.7 Å². The Hall–Kier alpha value is -2.01. The summed E-state index contributed by atoms with van der Waals surface area (Å²) in [5.41, 5.74) is 7.18. The van der Waals surface area contributed by atoms with Crippen LogP contribution < -0.4 is 11.1 Å². The lowest BCUT2D eigenvalue weighted by Crippen LogP contribution is -2.57. The number of carbonyl (C=O) groups is 1. The van der Waals surface area contributed by atoms with E-state index in [0.717, 1.165) is 18.2 Å². The summed E-state index contributed by atoms with van der Waals surface area (Å²) in [7, 11) is 4.13. The van der Waals surface area contributed by atoms with Gasteiger partial charge in [0.2, 0.25) is 0 Å². The van der Waals surface area contributed by atoms with Crippen LogP contribution in [0.2, 0.25) is 0 Å². The highest BCUT2D eigenvalue weighted by Crippen LogP contribution is 2.35. The minimum absolute atomic E-state index is 0.103. The molecule has 0 unspecified atom stereocenters. The third-order valence-corrected chi connectivity index (χ3v) is 4.58. The van der Waals surface area contributed by atoms with Gasteiger partial charge >= 0.3 is 0 Å². The van der Waals surface area contributed by atoms with Crippen molar-refractivity contribution in [3.05, 3.63) is 30.0 Å². The van der Waals surface area contributed by atoms with Crippen molar-refractivity contribution in [2.75, 3.05) is 26.4 Å². The fraction of sp³-hybridized carbons (Fsp3) is 0.438. The van der Waals surface area contributed by atoms with Gasteiger partial charge in [0.15, 0.2) is 5.76 Å². The number of anilines is 1. The van der Waals surface area contributed by atoms with Crippen molar-refractivity contribution in [1.29, 1.82) is 0 Å². The van der Waals surface area contributed by atoms with Gasteiger partial charge in [-0.05, 0) is 57.6 Å². The summed E-state index contributed by atoms with van der Waals surface area (Å²) in [4.78, 5) is 14.5. The largest absolute Gasteiger partial charge is 0.451 e. The Morgan fingerprint density at radius 3 is 2.76 bits per heavy atom. The highest BCUT2D eigenvalue weighted by atomic mass is 16.3. The zero-order valence-corrected chi connectivity index (χ0v) is 12.5. The van der Waals surface area contributed by atoms with Gasteiger partial charge in [0, 0.05) is 23.2 Å². The van der Waals surface area contributed by atoms with Crippen molar-refractivity contribution >= 4 is 22.6 Å². The summed E-state index contributed by atoms with van der Waals surface area (Å²) in [6.45, 7) is 0.651. The zero-order chi connectivity index (χ0) is 15.0. The maximum absolute atomic E-state index is 12.3. The number of nitrogen functional groups attached to an aromatic ring is 1. The van der Waals surface area contributed by atoms with Gasteiger partial charge in [-0.2, -0.15) is 0 Å². The molecule has 0 radical (unpaired) electrons. The van der Waals surface area contributed by atoms with Gasteiger partial charge in [0.25, 0.3) is 5.91 Å². The summed E-state index contributed by atoms with van der Waals surface area (Å²) in [6.07, 6.45) is 3.46. The number of hydrogen-bond donors (Lipinski definition) is 2. The first kappa shape index (κ1) is 13.9. The molecule has 0 spiro atoms. The monoisotopic (exact) mass is 287 g/mol. The molecule has 1 saturated carbocycles. The second-order valence-electron chi connectivity index (χ2n) is 6.06. The number of nitrogens with two attached hydrogens (primary N) is 1. The average Bonchev–Trinajstić information content (AvgIpc) is 2.79. The van der Waals surface area contributed by atoms with Gasteiger partial charge in [-0.3, -0.25) is 4.79 Å². The quantitative estimate of drug-likeness (QED) is 0.846. The number of rotatable bonds is 4. The molecule has 1 fully saturated rings. The van der Waals surface area contributed by atoms with E-state index in [2.05, 4.69) is 24.3 Å². The molecular weight excluding hydrogens is 266 g/mol. The molecule has 0 saturated heterocycles. The van der Waals surface area contributed by atoms with Crippen LogP contribution >= 0.6 is 0 Å². The zero-order valence-electron chi connectivity index (χ0n) is 12.5. The fourth-order valence-electron chi connectivity index (χ4n) is 2.87. The first-order valence-corrected chi connectivity index (χ1v) is 7.25. The summed E-state index contributed by atoms with van der Waals surface area (Å²) < 4.78 is 5.58. The second kappa shape index (κ2) is 5.07. The van der Waals surface area contributed by atoms with Crippen LogP contribution in [-0.2, 0) is 0 Å². The van der Waals surface area contributed by atoms with Crippen molar-refractivity contribution < 1.29 is 9.21 Å². The van der Waals surface area contributed by atoms with Crippen LogP contribution in [0.1, 0.15) is 29.8 Å². The van der Waals surface area contributed by atoms with Crippen LogP contribution in [0.5, 0.6) is 0 Å². The van der Waals surface area contributed by atoms with Crippen molar-refractivity contribution in [2.24, 2.45) is 0 Å². The van der Waals surface area contributed by atoms with E-state index in [1.807, 2.05) is 6.07 Å². The molecule has 1 aliphatic rings. The van der Waals surface area contributed by atoms with E-state index in [1.165, 1.54) is 6.42 Å². The maximum atomic E-state index is 12.3. The molecule has 21 heavy (non-hydrogen) atoms. The number of carbonyl (C=O) groups excluding carboxylic acids is 1. The first-order chi connectivity index (χ1) is 10.00. The number of fused-ring (bicyclic) bond motifs is 1. The van der Waals surface area contributed by atoms with E-state index >= 15 is 0 Å². The molecule has 3 rings (SSSR count). The van der Waals surface area contributed by atoms with E-state index in [0.29, 0.717) is 23.6 Å². The Labute approximate surface area is 124 Å². The van der Waals surface area contributed by atoms with E-state index < -0.39 is 0 Å². The smallest absolute Gasteiger partial charge is 0.287 e. The Bertz CT molecular complexity index is 671. The maximum Gasteiger partial charge on any atom is 0.287 e. The fourth-order valence-corrected chi connectivity index (χ4v) is 2.87. The normalized spacial score (nSPS) is 16.9. The lowest BCUT2D eigenvalue weighted by atomic mass is 9.75. The number of likely N-dealkylation sites (N-methyl/N-ethyl adjacent to an activating group) is 1. The second-order valence-corrected chi connectivity index (χ2v) is 6.06. The van der Waals surface area contributed by atoms with Crippen molar-refractivity contribution in [3.63, 3.8) is 0 Å². The molecule has 0 bridgehead atoms. The number of amides is 1. The number of benzene rings is 1. The van der Waals surface area contributed by atoms with Crippen molar-refractivity contribution in [2.45, 2.75) is 24.8 Å². The Morgan fingerprint density at radius 2 is 2.14 bits per heavy atom. The van der Waals surface area contributed by atoms with Crippen molar-refractivity contribution in [3.8, 4) is 0 Å². The molecule has 1 aromatic carbocycles. The third-order valence-electron chi connectivity index (χ3n) is 4.58. The molecule has 5 heteroatoms. The average molecular weight is 287 g/mol. The summed E-state index contributed by atoms with van der Waals surface area (Å²) in [5.74, 6) is 0.168. The van der Waals surface area contributed by atoms with Gasteiger partial charge in [-0.15, -0.1) is 0 Å². The minimum Gasteiger partial charge on any atom is -0.451 e. The first-order valence-electron chi connectivity index (χ1n) is 7.25. The number of nitrogens with zero attached hydrogens (tertiary/aromatic N) is 1. The number of nitrogens with one attached hydrogen (secondary N) is 1. The lowest BCUT2D eigenvalue weighted by Gasteiger charge is -2.47. The molecule has 0 atom stereocenters. The van der Waals surface area contributed by atoms with Crippen LogP contribution in [0.25, 0.3) is 11.0 Å². The standard InChI is InChI=1S/C16H21N3O2/c1-19(2)16(6-3-7-16)10-18-15(20)14-9-11-8-12(17)4-5-13(11)21-14/h4-5,8-9H,3,6-7,10,17H2,1-2H3,(H,18,20). The minimum atomic E-state index is -0.169. The van der Waals surface area contributed by atoms with Crippen LogP contribution in [-0.4, -0.2) is 37.0 Å². The molecule has 1 heterocycles. The molecule has 1 aromatic heterocycles. The predicted octanol–water partition coefficient (Wildman–Crippen LogP) is 2.23. The topological polar surface area (TPSA) is 71.5 Å². The van der Waals surface area contributed by atoms with Gasteiger partial charge < -0.3 is 20.4 Å². The summed E-state index contributed by atoms with van der Waals surface area (Å²) >= 11 is 0. The molecule has 2 aromatic rings. The molecule has 1 aliphatic carbocycles. The van der Waals surface area contributed by atoms with Gasteiger partial charge in [0.05, 0.1) is 0 Å². The van der Waals surface area contributed by atoms with Crippen LogP contribution in [0, 0.1) is 0 Å². The third kappa shape index (κ3) is 2.49. The summed E-state index contributed by atoms with van der Waals surface area (Å²) in [6, 6.07) is 7.10. The number of furan rings is 1. The predicted molar refractivity (Wildman–Crippen MR) is 83.2 cm³/mol. The molecule has 3 N–H and O–H groups in total.